The molecule has 1 aromatic rings. The van der Waals surface area contributed by atoms with Gasteiger partial charge in [0.05, 0.1) is 6.54 Å². The summed E-state index contributed by atoms with van der Waals surface area (Å²) in [5.74, 6) is 3.06. The van der Waals surface area contributed by atoms with Gasteiger partial charge in [0.25, 0.3) is 0 Å². The van der Waals surface area contributed by atoms with Gasteiger partial charge in [-0.2, -0.15) is 0 Å². The third-order valence-electron chi connectivity index (χ3n) is 2.99. The maximum atomic E-state index is 5.62. The van der Waals surface area contributed by atoms with Gasteiger partial charge in [0.1, 0.15) is 11.5 Å². The van der Waals surface area contributed by atoms with Crippen molar-refractivity contribution >= 4 is 0 Å². The van der Waals surface area contributed by atoms with Crippen molar-refractivity contribution in [2.24, 2.45) is 5.92 Å². The highest BCUT2D eigenvalue weighted by molar-refractivity contribution is 5.07. The first kappa shape index (κ1) is 9.78. The molecule has 2 nitrogen and oxygen atoms in total. The van der Waals surface area contributed by atoms with Crippen molar-refractivity contribution in [3.8, 4) is 0 Å². The molecular weight excluding hydrogens is 174 g/mol. The summed E-state index contributed by atoms with van der Waals surface area (Å²) in [6.07, 6.45) is 3.78. The lowest BCUT2D eigenvalue weighted by molar-refractivity contribution is 0.418. The fraction of sp³-hybridized carbons (Fsp3) is 0.667. The Kier molecular flexibility index (Phi) is 2.92. The Labute approximate surface area is 85.7 Å². The Hall–Kier alpha value is -0.760. The number of hydrogen-bond acceptors (Lipinski definition) is 2. The van der Waals surface area contributed by atoms with Crippen LogP contribution in [0.5, 0.6) is 0 Å². The van der Waals surface area contributed by atoms with Crippen molar-refractivity contribution in [1.29, 1.82) is 0 Å². The first-order valence-corrected chi connectivity index (χ1v) is 5.60. The predicted molar refractivity (Wildman–Crippen MR) is 57.1 cm³/mol. The summed E-state index contributed by atoms with van der Waals surface area (Å²) >= 11 is 0. The topological polar surface area (TPSA) is 25.2 Å². The molecule has 78 valence electrons. The van der Waals surface area contributed by atoms with E-state index in [1.807, 2.05) is 0 Å². The molecule has 0 aromatic carbocycles. The summed E-state index contributed by atoms with van der Waals surface area (Å²) in [4.78, 5) is 0. The average Bonchev–Trinajstić information content (AvgIpc) is 2.94. The van der Waals surface area contributed by atoms with E-state index < -0.39 is 0 Å². The quantitative estimate of drug-likeness (QED) is 0.777. The van der Waals surface area contributed by atoms with Crippen molar-refractivity contribution in [2.75, 3.05) is 0 Å². The minimum Gasteiger partial charge on any atom is -0.465 e. The molecule has 0 amide bonds. The van der Waals surface area contributed by atoms with Crippen LogP contribution in [0.25, 0.3) is 0 Å². The standard InChI is InChI=1S/C12H19NO/c1-3-11-6-7-12(14-11)8-13-9(2)10-4-5-10/h6-7,9-10,13H,3-5,8H2,1-2H3. The van der Waals surface area contributed by atoms with Crippen LogP contribution < -0.4 is 5.32 Å². The first-order chi connectivity index (χ1) is 6.79. The highest BCUT2D eigenvalue weighted by Gasteiger charge is 2.27. The van der Waals surface area contributed by atoms with Crippen LogP contribution >= 0.6 is 0 Å². The SMILES string of the molecule is CCc1ccc(CNC(C)C2CC2)o1. The molecule has 1 saturated carbocycles. The average molecular weight is 193 g/mol. The van der Waals surface area contributed by atoms with Gasteiger partial charge in [0.15, 0.2) is 0 Å². The molecule has 0 spiro atoms. The Morgan fingerprint density at radius 3 is 2.71 bits per heavy atom. The zero-order valence-electron chi connectivity index (χ0n) is 9.05. The zero-order valence-corrected chi connectivity index (χ0v) is 9.05. The molecule has 1 N–H and O–H groups in total. The van der Waals surface area contributed by atoms with E-state index in [0.29, 0.717) is 6.04 Å². The number of aryl methyl sites for hydroxylation is 1. The summed E-state index contributed by atoms with van der Waals surface area (Å²) in [5.41, 5.74) is 0. The van der Waals surface area contributed by atoms with Gasteiger partial charge in [-0.1, -0.05) is 6.92 Å². The van der Waals surface area contributed by atoms with E-state index in [2.05, 4.69) is 31.3 Å². The first-order valence-electron chi connectivity index (χ1n) is 5.60. The largest absolute Gasteiger partial charge is 0.465 e. The van der Waals surface area contributed by atoms with Crippen molar-refractivity contribution < 1.29 is 4.42 Å². The fourth-order valence-corrected chi connectivity index (χ4v) is 1.73. The molecule has 1 heterocycles. The predicted octanol–water partition coefficient (Wildman–Crippen LogP) is 2.73. The van der Waals surface area contributed by atoms with E-state index >= 15 is 0 Å². The van der Waals surface area contributed by atoms with Crippen LogP contribution in [0, 0.1) is 5.92 Å². The summed E-state index contributed by atoms with van der Waals surface area (Å²) in [6, 6.07) is 4.79. The van der Waals surface area contributed by atoms with Crippen molar-refractivity contribution in [3.63, 3.8) is 0 Å². The number of furan rings is 1. The number of hydrogen-bond donors (Lipinski definition) is 1. The zero-order chi connectivity index (χ0) is 9.97. The molecule has 2 heteroatoms. The molecule has 1 unspecified atom stereocenters. The molecule has 0 radical (unpaired) electrons. The van der Waals surface area contributed by atoms with E-state index in [1.54, 1.807) is 0 Å². The normalized spacial score (nSPS) is 18.4. The van der Waals surface area contributed by atoms with Crippen molar-refractivity contribution in [2.45, 2.75) is 45.7 Å². The lowest BCUT2D eigenvalue weighted by atomic mass is 10.2. The molecule has 1 atom stereocenters. The molecule has 0 saturated heterocycles. The molecule has 0 bridgehead atoms. The molecule has 1 aliphatic rings. The van der Waals surface area contributed by atoms with Crippen LogP contribution in [0.1, 0.15) is 38.2 Å². The smallest absolute Gasteiger partial charge is 0.117 e. The van der Waals surface area contributed by atoms with E-state index in [1.165, 1.54) is 12.8 Å². The van der Waals surface area contributed by atoms with Gasteiger partial charge < -0.3 is 9.73 Å². The highest BCUT2D eigenvalue weighted by Crippen LogP contribution is 2.32. The van der Waals surface area contributed by atoms with E-state index in [4.69, 9.17) is 4.42 Å². The van der Waals surface area contributed by atoms with Crippen LogP contribution in [0.15, 0.2) is 16.5 Å². The Balaban J connectivity index is 1.78. The highest BCUT2D eigenvalue weighted by atomic mass is 16.3. The van der Waals surface area contributed by atoms with Gasteiger partial charge in [-0.15, -0.1) is 0 Å². The molecule has 1 fully saturated rings. The lowest BCUT2D eigenvalue weighted by Gasteiger charge is -2.10. The summed E-state index contributed by atoms with van der Waals surface area (Å²) in [6.45, 7) is 5.25. The maximum absolute atomic E-state index is 5.62. The van der Waals surface area contributed by atoms with E-state index in [0.717, 1.165) is 30.4 Å². The Morgan fingerprint density at radius 1 is 1.43 bits per heavy atom. The molecule has 1 aliphatic carbocycles. The third-order valence-corrected chi connectivity index (χ3v) is 2.99. The number of rotatable bonds is 5. The minimum atomic E-state index is 0.644. The van der Waals surface area contributed by atoms with E-state index in [-0.39, 0.29) is 0 Å². The Morgan fingerprint density at radius 2 is 2.14 bits per heavy atom. The van der Waals surface area contributed by atoms with Crippen LogP contribution in [0.2, 0.25) is 0 Å². The van der Waals surface area contributed by atoms with Gasteiger partial charge in [0, 0.05) is 12.5 Å². The van der Waals surface area contributed by atoms with Crippen molar-refractivity contribution in [3.05, 3.63) is 23.7 Å². The second-order valence-electron chi connectivity index (χ2n) is 4.23. The van der Waals surface area contributed by atoms with Crippen LogP contribution in [0.4, 0.5) is 0 Å². The summed E-state index contributed by atoms with van der Waals surface area (Å²) in [5, 5.41) is 3.50. The fourth-order valence-electron chi connectivity index (χ4n) is 1.73. The molecule has 14 heavy (non-hydrogen) atoms. The Bertz CT molecular complexity index is 288. The molecule has 1 aromatic heterocycles. The summed E-state index contributed by atoms with van der Waals surface area (Å²) < 4.78 is 5.62. The molecule has 0 aliphatic heterocycles. The maximum Gasteiger partial charge on any atom is 0.117 e. The van der Waals surface area contributed by atoms with Gasteiger partial charge >= 0.3 is 0 Å². The van der Waals surface area contributed by atoms with Crippen LogP contribution in [0.3, 0.4) is 0 Å². The molecule has 2 rings (SSSR count). The van der Waals surface area contributed by atoms with Crippen molar-refractivity contribution in [1.82, 2.24) is 5.32 Å². The van der Waals surface area contributed by atoms with Gasteiger partial charge in [-0.25, -0.2) is 0 Å². The van der Waals surface area contributed by atoms with Gasteiger partial charge in [0.2, 0.25) is 0 Å². The van der Waals surface area contributed by atoms with Crippen LogP contribution in [-0.2, 0) is 13.0 Å². The van der Waals surface area contributed by atoms with Gasteiger partial charge in [-0.05, 0) is 37.8 Å². The van der Waals surface area contributed by atoms with E-state index in [9.17, 15) is 0 Å². The summed E-state index contributed by atoms with van der Waals surface area (Å²) in [7, 11) is 0. The lowest BCUT2D eigenvalue weighted by Crippen LogP contribution is -2.26. The van der Waals surface area contributed by atoms with Gasteiger partial charge in [-0.3, -0.25) is 0 Å². The van der Waals surface area contributed by atoms with Crippen LogP contribution in [-0.4, -0.2) is 6.04 Å². The number of nitrogens with one attached hydrogen (secondary N) is 1. The minimum absolute atomic E-state index is 0.644. The second-order valence-corrected chi connectivity index (χ2v) is 4.23. The second kappa shape index (κ2) is 4.18. The molecular formula is C12H19NO. The monoisotopic (exact) mass is 193 g/mol. The third kappa shape index (κ3) is 2.38.